The van der Waals surface area contributed by atoms with Crippen LogP contribution in [0.3, 0.4) is 0 Å². The van der Waals surface area contributed by atoms with E-state index in [1.54, 1.807) is 6.33 Å². The van der Waals surface area contributed by atoms with Gasteiger partial charge in [0.15, 0.2) is 0 Å². The fourth-order valence-electron chi connectivity index (χ4n) is 3.68. The number of hydrogen-bond donors (Lipinski definition) is 0. The van der Waals surface area contributed by atoms with E-state index in [1.807, 2.05) is 36.5 Å². The lowest BCUT2D eigenvalue weighted by molar-refractivity contribution is 0.247. The summed E-state index contributed by atoms with van der Waals surface area (Å²) < 4.78 is 3.13. The van der Waals surface area contributed by atoms with Gasteiger partial charge in [-0.3, -0.25) is 4.90 Å². The molecule has 27 heavy (non-hydrogen) atoms. The Morgan fingerprint density at radius 3 is 2.74 bits per heavy atom. The summed E-state index contributed by atoms with van der Waals surface area (Å²) in [5.74, 6) is 1.02. The monoisotopic (exact) mass is 422 g/mol. The van der Waals surface area contributed by atoms with E-state index in [1.165, 1.54) is 0 Å². The number of piperazine rings is 1. The van der Waals surface area contributed by atoms with Crippen molar-refractivity contribution < 1.29 is 0 Å². The highest BCUT2D eigenvalue weighted by Gasteiger charge is 2.20. The lowest BCUT2D eigenvalue weighted by atomic mass is 10.2. The van der Waals surface area contributed by atoms with Crippen LogP contribution in [0.25, 0.3) is 16.6 Å². The van der Waals surface area contributed by atoms with E-state index in [9.17, 15) is 0 Å². The Balaban J connectivity index is 1.31. The minimum Gasteiger partial charge on any atom is -0.353 e. The van der Waals surface area contributed by atoms with Gasteiger partial charge in [-0.2, -0.15) is 0 Å². The quantitative estimate of drug-likeness (QED) is 0.506. The van der Waals surface area contributed by atoms with Crippen LogP contribution in [0.4, 0.5) is 5.82 Å². The van der Waals surface area contributed by atoms with Crippen LogP contribution in [0.5, 0.6) is 0 Å². The van der Waals surface area contributed by atoms with E-state index in [-0.39, 0.29) is 0 Å². The molecule has 6 nitrogen and oxygen atoms in total. The number of hydrogen-bond acceptors (Lipinski definition) is 5. The first-order valence-corrected chi connectivity index (χ1v) is 9.86. The average molecular weight is 423 g/mol. The topological polar surface area (TPSA) is 49.6 Å². The lowest BCUT2D eigenvalue weighted by Gasteiger charge is -2.35. The van der Waals surface area contributed by atoms with Crippen molar-refractivity contribution in [3.05, 3.63) is 65.3 Å². The second-order valence-corrected chi connectivity index (χ2v) is 7.74. The normalized spacial score (nSPS) is 15.7. The van der Waals surface area contributed by atoms with Crippen LogP contribution in [0, 0.1) is 0 Å². The maximum Gasteiger partial charge on any atom is 0.140 e. The second kappa shape index (κ2) is 6.90. The zero-order chi connectivity index (χ0) is 18.2. The molecule has 0 amide bonds. The number of benzene rings is 1. The Kier molecular flexibility index (Phi) is 4.26. The van der Waals surface area contributed by atoms with E-state index in [2.05, 4.69) is 52.4 Å². The van der Waals surface area contributed by atoms with Gasteiger partial charge in [0.1, 0.15) is 17.8 Å². The van der Waals surface area contributed by atoms with Gasteiger partial charge in [0.05, 0.1) is 11.2 Å². The van der Waals surface area contributed by atoms with E-state index < -0.39 is 0 Å². The van der Waals surface area contributed by atoms with Crippen molar-refractivity contribution in [1.29, 1.82) is 0 Å². The number of anilines is 1. The van der Waals surface area contributed by atoms with Gasteiger partial charge in [-0.25, -0.2) is 15.0 Å². The molecule has 5 rings (SSSR count). The Hall–Kier alpha value is -2.51. The Morgan fingerprint density at radius 2 is 1.89 bits per heavy atom. The molecule has 0 radical (unpaired) electrons. The highest BCUT2D eigenvalue weighted by Crippen LogP contribution is 2.27. The largest absolute Gasteiger partial charge is 0.353 e. The summed E-state index contributed by atoms with van der Waals surface area (Å²) in [6, 6.07) is 12.3. The average Bonchev–Trinajstić information content (AvgIpc) is 3.10. The van der Waals surface area contributed by atoms with Crippen LogP contribution < -0.4 is 4.90 Å². The fourth-order valence-corrected chi connectivity index (χ4v) is 4.04. The summed E-state index contributed by atoms with van der Waals surface area (Å²) >= 11 is 3.56. The van der Waals surface area contributed by atoms with Crippen LogP contribution in [0.2, 0.25) is 0 Å². The van der Waals surface area contributed by atoms with E-state index in [0.29, 0.717) is 0 Å². The van der Waals surface area contributed by atoms with Crippen molar-refractivity contribution in [1.82, 2.24) is 24.3 Å². The molecule has 0 bridgehead atoms. The summed E-state index contributed by atoms with van der Waals surface area (Å²) in [6.07, 6.45) is 5.83. The summed E-state index contributed by atoms with van der Waals surface area (Å²) in [5, 5.41) is 1.10. The van der Waals surface area contributed by atoms with Gasteiger partial charge in [0, 0.05) is 55.0 Å². The van der Waals surface area contributed by atoms with Gasteiger partial charge < -0.3 is 9.30 Å². The van der Waals surface area contributed by atoms with E-state index >= 15 is 0 Å². The highest BCUT2D eigenvalue weighted by molar-refractivity contribution is 9.10. The van der Waals surface area contributed by atoms with Crippen molar-refractivity contribution >= 4 is 38.3 Å². The first kappa shape index (κ1) is 16.6. The lowest BCUT2D eigenvalue weighted by Crippen LogP contribution is -2.46. The second-order valence-electron chi connectivity index (χ2n) is 6.82. The third-order valence-corrected chi connectivity index (χ3v) is 5.54. The molecule has 0 saturated carbocycles. The minimum absolute atomic E-state index is 0.881. The Labute approximate surface area is 165 Å². The fraction of sp³-hybridized carbons (Fsp3) is 0.250. The van der Waals surface area contributed by atoms with Gasteiger partial charge in [0.2, 0.25) is 0 Å². The first-order chi connectivity index (χ1) is 13.3. The zero-order valence-electron chi connectivity index (χ0n) is 14.8. The molecule has 0 atom stereocenters. The van der Waals surface area contributed by atoms with Crippen molar-refractivity contribution in [3.63, 3.8) is 0 Å². The standard InChI is InChI=1S/C20H19BrN6/c21-15-4-5-18-17(11-15)20(23-14-22-18)26-9-7-25(8-10-26)12-16-13-27-6-2-1-3-19(27)24-16/h1-6,11,13-14H,7-10,12H2. The molecule has 1 aliphatic rings. The number of nitrogens with zero attached hydrogens (tertiary/aromatic N) is 6. The minimum atomic E-state index is 0.881. The maximum absolute atomic E-state index is 4.72. The van der Waals surface area contributed by atoms with Gasteiger partial charge in [0.25, 0.3) is 0 Å². The SMILES string of the molecule is Brc1ccc2ncnc(N3CCN(Cc4cn5ccccc5n4)CC3)c2c1. The summed E-state index contributed by atoms with van der Waals surface area (Å²) in [6.45, 7) is 4.77. The molecule has 1 aromatic carbocycles. The van der Waals surface area contributed by atoms with Crippen LogP contribution in [-0.2, 0) is 6.54 Å². The van der Waals surface area contributed by atoms with Gasteiger partial charge in [-0.05, 0) is 30.3 Å². The maximum atomic E-state index is 4.72. The van der Waals surface area contributed by atoms with Gasteiger partial charge >= 0.3 is 0 Å². The highest BCUT2D eigenvalue weighted by atomic mass is 79.9. The zero-order valence-corrected chi connectivity index (χ0v) is 16.4. The molecule has 7 heteroatoms. The molecular weight excluding hydrogens is 404 g/mol. The predicted molar refractivity (Wildman–Crippen MR) is 110 cm³/mol. The molecule has 0 N–H and O–H groups in total. The molecule has 4 heterocycles. The number of aromatic nitrogens is 4. The van der Waals surface area contributed by atoms with Crippen LogP contribution >= 0.6 is 15.9 Å². The number of imidazole rings is 1. The van der Waals surface area contributed by atoms with Crippen molar-refractivity contribution in [2.24, 2.45) is 0 Å². The number of halogens is 1. The molecule has 1 fully saturated rings. The van der Waals surface area contributed by atoms with Crippen LogP contribution in [-0.4, -0.2) is 50.4 Å². The molecular formula is C20H19BrN6. The smallest absolute Gasteiger partial charge is 0.140 e. The molecule has 3 aromatic heterocycles. The van der Waals surface area contributed by atoms with Crippen molar-refractivity contribution in [2.45, 2.75) is 6.54 Å². The molecule has 1 saturated heterocycles. The Bertz CT molecular complexity index is 1070. The predicted octanol–water partition coefficient (Wildman–Crippen LogP) is 3.36. The first-order valence-electron chi connectivity index (χ1n) is 9.06. The van der Waals surface area contributed by atoms with Crippen molar-refractivity contribution in [2.75, 3.05) is 31.1 Å². The molecule has 136 valence electrons. The Morgan fingerprint density at radius 1 is 1.00 bits per heavy atom. The molecule has 0 spiro atoms. The van der Waals surface area contributed by atoms with Gasteiger partial charge in [-0.1, -0.05) is 22.0 Å². The van der Waals surface area contributed by atoms with Crippen molar-refractivity contribution in [3.8, 4) is 0 Å². The van der Waals surface area contributed by atoms with Crippen LogP contribution in [0.15, 0.2) is 59.6 Å². The van der Waals surface area contributed by atoms with E-state index in [4.69, 9.17) is 4.98 Å². The summed E-state index contributed by atoms with van der Waals surface area (Å²) in [7, 11) is 0. The van der Waals surface area contributed by atoms with E-state index in [0.717, 1.165) is 65.3 Å². The third kappa shape index (κ3) is 3.28. The van der Waals surface area contributed by atoms with Gasteiger partial charge in [-0.15, -0.1) is 0 Å². The number of rotatable bonds is 3. The molecule has 1 aliphatic heterocycles. The molecule has 0 aliphatic carbocycles. The number of pyridine rings is 1. The molecule has 0 unspecified atom stereocenters. The summed E-state index contributed by atoms with van der Waals surface area (Å²) in [5.41, 5.74) is 3.10. The molecule has 4 aromatic rings. The summed E-state index contributed by atoms with van der Waals surface area (Å²) in [4.78, 5) is 18.5. The number of fused-ring (bicyclic) bond motifs is 2. The van der Waals surface area contributed by atoms with Crippen LogP contribution in [0.1, 0.15) is 5.69 Å². The third-order valence-electron chi connectivity index (χ3n) is 5.05.